The molecule has 1 aliphatic rings. The highest BCUT2D eigenvalue weighted by Crippen LogP contribution is 2.33. The summed E-state index contributed by atoms with van der Waals surface area (Å²) in [6, 6.07) is 8.62. The molecule has 0 saturated carbocycles. The van der Waals surface area contributed by atoms with Crippen molar-refractivity contribution in [2.75, 3.05) is 0 Å². The first-order valence-corrected chi connectivity index (χ1v) is 5.92. The summed E-state index contributed by atoms with van der Waals surface area (Å²) in [5.74, 6) is 0.471. The molecule has 0 aliphatic heterocycles. The quantitative estimate of drug-likeness (QED) is 0.849. The molecule has 0 radical (unpaired) electrons. The second kappa shape index (κ2) is 4.26. The minimum absolute atomic E-state index is 0.0311. The van der Waals surface area contributed by atoms with Gasteiger partial charge in [-0.15, -0.1) is 0 Å². The summed E-state index contributed by atoms with van der Waals surface area (Å²) in [5, 5.41) is 0. The lowest BCUT2D eigenvalue weighted by molar-refractivity contribution is 0.451. The highest BCUT2D eigenvalue weighted by Gasteiger charge is 2.27. The molecular weight excluding hydrogens is 210 g/mol. The summed E-state index contributed by atoms with van der Waals surface area (Å²) in [6.07, 6.45) is 7.30. The van der Waals surface area contributed by atoms with E-state index in [1.54, 1.807) is 6.33 Å². The Morgan fingerprint density at radius 1 is 1.06 bits per heavy atom. The molecule has 2 N–H and O–H groups in total. The zero-order chi connectivity index (χ0) is 11.7. The Morgan fingerprint density at radius 2 is 1.65 bits per heavy atom. The van der Waals surface area contributed by atoms with Crippen molar-refractivity contribution in [3.8, 4) is 0 Å². The van der Waals surface area contributed by atoms with Crippen molar-refractivity contribution < 1.29 is 0 Å². The van der Waals surface area contributed by atoms with Crippen LogP contribution in [0.5, 0.6) is 0 Å². The molecule has 0 saturated heterocycles. The van der Waals surface area contributed by atoms with E-state index in [0.29, 0.717) is 5.92 Å². The van der Waals surface area contributed by atoms with Gasteiger partial charge in [0.1, 0.15) is 6.33 Å². The van der Waals surface area contributed by atoms with E-state index < -0.39 is 0 Å². The van der Waals surface area contributed by atoms with Crippen molar-refractivity contribution >= 4 is 0 Å². The fourth-order valence-corrected chi connectivity index (χ4v) is 2.60. The average molecular weight is 225 g/mol. The van der Waals surface area contributed by atoms with Crippen LogP contribution in [0.3, 0.4) is 0 Å². The first-order valence-electron chi connectivity index (χ1n) is 5.92. The number of nitrogens with zero attached hydrogens (tertiary/aromatic N) is 2. The second-order valence-corrected chi connectivity index (χ2v) is 4.63. The minimum atomic E-state index is 0.0311. The second-order valence-electron chi connectivity index (χ2n) is 4.63. The molecule has 3 heteroatoms. The lowest BCUT2D eigenvalue weighted by Crippen LogP contribution is -2.22. The topological polar surface area (TPSA) is 51.8 Å². The molecule has 3 rings (SSSR count). The summed E-state index contributed by atoms with van der Waals surface area (Å²) >= 11 is 0. The summed E-state index contributed by atoms with van der Waals surface area (Å²) in [7, 11) is 0. The van der Waals surface area contributed by atoms with Gasteiger partial charge in [0.05, 0.1) is 0 Å². The molecule has 1 unspecified atom stereocenters. The van der Waals surface area contributed by atoms with Gasteiger partial charge in [-0.2, -0.15) is 0 Å². The molecule has 1 aromatic heterocycles. The Bertz CT molecular complexity index is 485. The van der Waals surface area contributed by atoms with Crippen LogP contribution in [-0.2, 0) is 12.8 Å². The Hall–Kier alpha value is -1.74. The fraction of sp³-hybridized carbons (Fsp3) is 0.286. The molecule has 1 aliphatic carbocycles. The van der Waals surface area contributed by atoms with Gasteiger partial charge in [0, 0.05) is 24.0 Å². The zero-order valence-corrected chi connectivity index (χ0v) is 9.58. The van der Waals surface area contributed by atoms with Gasteiger partial charge in [-0.05, 0) is 29.9 Å². The number of hydrogen-bond acceptors (Lipinski definition) is 3. The monoisotopic (exact) mass is 225 g/mol. The van der Waals surface area contributed by atoms with E-state index >= 15 is 0 Å². The smallest absolute Gasteiger partial charge is 0.115 e. The molecule has 86 valence electrons. The van der Waals surface area contributed by atoms with Crippen molar-refractivity contribution in [2.45, 2.75) is 18.9 Å². The first kappa shape index (κ1) is 10.4. The molecule has 2 aromatic rings. The zero-order valence-electron chi connectivity index (χ0n) is 9.58. The van der Waals surface area contributed by atoms with E-state index in [0.717, 1.165) is 18.4 Å². The summed E-state index contributed by atoms with van der Waals surface area (Å²) < 4.78 is 0. The van der Waals surface area contributed by atoms with E-state index in [1.807, 2.05) is 12.4 Å². The van der Waals surface area contributed by atoms with Crippen LogP contribution in [0.25, 0.3) is 0 Å². The summed E-state index contributed by atoms with van der Waals surface area (Å²) in [4.78, 5) is 8.07. The number of fused-ring (bicyclic) bond motifs is 1. The van der Waals surface area contributed by atoms with Crippen LogP contribution in [0.2, 0.25) is 0 Å². The van der Waals surface area contributed by atoms with E-state index in [9.17, 15) is 0 Å². The Labute approximate surface area is 101 Å². The van der Waals surface area contributed by atoms with Gasteiger partial charge in [-0.25, -0.2) is 9.97 Å². The number of aromatic nitrogens is 2. The maximum absolute atomic E-state index is 6.30. The normalized spacial score (nSPS) is 16.8. The number of hydrogen-bond donors (Lipinski definition) is 1. The van der Waals surface area contributed by atoms with Crippen LogP contribution in [0.15, 0.2) is 43.0 Å². The van der Waals surface area contributed by atoms with Crippen molar-refractivity contribution in [3.05, 3.63) is 59.7 Å². The molecular formula is C14H15N3. The summed E-state index contributed by atoms with van der Waals surface area (Å²) in [5.41, 5.74) is 10.2. The Balaban J connectivity index is 1.81. The van der Waals surface area contributed by atoms with Crippen molar-refractivity contribution in [1.29, 1.82) is 0 Å². The van der Waals surface area contributed by atoms with Crippen LogP contribution >= 0.6 is 0 Å². The first-order chi connectivity index (χ1) is 8.34. The maximum Gasteiger partial charge on any atom is 0.115 e. The van der Waals surface area contributed by atoms with Crippen LogP contribution < -0.4 is 5.73 Å². The molecule has 1 aromatic carbocycles. The lowest BCUT2D eigenvalue weighted by atomic mass is 9.93. The summed E-state index contributed by atoms with van der Waals surface area (Å²) in [6.45, 7) is 0. The highest BCUT2D eigenvalue weighted by atomic mass is 14.8. The maximum atomic E-state index is 6.30. The Kier molecular flexibility index (Phi) is 2.61. The van der Waals surface area contributed by atoms with Gasteiger partial charge < -0.3 is 5.73 Å². The third-order valence-electron chi connectivity index (χ3n) is 3.56. The third kappa shape index (κ3) is 1.94. The van der Waals surface area contributed by atoms with Gasteiger partial charge in [0.25, 0.3) is 0 Å². The fourth-order valence-electron chi connectivity index (χ4n) is 2.60. The third-order valence-corrected chi connectivity index (χ3v) is 3.56. The van der Waals surface area contributed by atoms with Crippen molar-refractivity contribution in [2.24, 2.45) is 11.7 Å². The largest absolute Gasteiger partial charge is 0.324 e. The van der Waals surface area contributed by atoms with E-state index in [4.69, 9.17) is 5.73 Å². The van der Waals surface area contributed by atoms with Gasteiger partial charge in [-0.3, -0.25) is 0 Å². The minimum Gasteiger partial charge on any atom is -0.324 e. The van der Waals surface area contributed by atoms with Crippen LogP contribution in [0, 0.1) is 5.92 Å². The van der Waals surface area contributed by atoms with Crippen molar-refractivity contribution in [3.63, 3.8) is 0 Å². The van der Waals surface area contributed by atoms with E-state index in [2.05, 4.69) is 34.2 Å². The van der Waals surface area contributed by atoms with Crippen molar-refractivity contribution in [1.82, 2.24) is 9.97 Å². The van der Waals surface area contributed by atoms with E-state index in [1.165, 1.54) is 11.1 Å². The molecule has 17 heavy (non-hydrogen) atoms. The predicted molar refractivity (Wildman–Crippen MR) is 66.3 cm³/mol. The van der Waals surface area contributed by atoms with Gasteiger partial charge in [0.15, 0.2) is 0 Å². The number of nitrogens with two attached hydrogens (primary N) is 1. The Morgan fingerprint density at radius 3 is 2.24 bits per heavy atom. The SMILES string of the molecule is NC(c1cncnc1)C1Cc2ccccc2C1. The number of rotatable bonds is 2. The standard InChI is InChI=1S/C14H15N3/c15-14(13-7-16-9-17-8-13)12-5-10-3-1-2-4-11(10)6-12/h1-4,7-9,12,14H,5-6,15H2. The van der Waals surface area contributed by atoms with Gasteiger partial charge in [-0.1, -0.05) is 24.3 Å². The van der Waals surface area contributed by atoms with Gasteiger partial charge >= 0.3 is 0 Å². The van der Waals surface area contributed by atoms with E-state index in [-0.39, 0.29) is 6.04 Å². The molecule has 0 fully saturated rings. The molecule has 1 heterocycles. The van der Waals surface area contributed by atoms with Crippen LogP contribution in [0.1, 0.15) is 22.7 Å². The van der Waals surface area contributed by atoms with Crippen LogP contribution in [0.4, 0.5) is 0 Å². The van der Waals surface area contributed by atoms with Crippen LogP contribution in [-0.4, -0.2) is 9.97 Å². The molecule has 0 amide bonds. The molecule has 3 nitrogen and oxygen atoms in total. The highest BCUT2D eigenvalue weighted by molar-refractivity contribution is 5.33. The molecule has 1 atom stereocenters. The lowest BCUT2D eigenvalue weighted by Gasteiger charge is -2.18. The van der Waals surface area contributed by atoms with Gasteiger partial charge in [0.2, 0.25) is 0 Å². The molecule has 0 bridgehead atoms. The number of benzene rings is 1. The average Bonchev–Trinajstić information content (AvgIpc) is 2.82. The molecule has 0 spiro atoms. The predicted octanol–water partition coefficient (Wildman–Crippen LogP) is 1.89.